The summed E-state index contributed by atoms with van der Waals surface area (Å²) in [6, 6.07) is 9.79. The van der Waals surface area contributed by atoms with E-state index in [0.29, 0.717) is 22.8 Å². The highest BCUT2D eigenvalue weighted by molar-refractivity contribution is 5.99. The first-order valence-corrected chi connectivity index (χ1v) is 6.20. The number of carbonyl (C=O) groups is 1. The maximum Gasteiger partial charge on any atom is 0.250 e. The van der Waals surface area contributed by atoms with E-state index in [1.54, 1.807) is 30.3 Å². The van der Waals surface area contributed by atoms with Gasteiger partial charge in [-0.2, -0.15) is 0 Å². The van der Waals surface area contributed by atoms with Crippen molar-refractivity contribution in [1.29, 1.82) is 0 Å². The van der Waals surface area contributed by atoms with E-state index in [1.165, 1.54) is 13.2 Å². The Kier molecular flexibility index (Phi) is 4.30. The number of nitrogen functional groups attached to an aromatic ring is 1. The molecule has 0 saturated heterocycles. The zero-order valence-electron chi connectivity index (χ0n) is 11.5. The summed E-state index contributed by atoms with van der Waals surface area (Å²) >= 11 is 0. The van der Waals surface area contributed by atoms with Crippen LogP contribution in [0.25, 0.3) is 0 Å². The molecule has 0 aliphatic heterocycles. The van der Waals surface area contributed by atoms with Gasteiger partial charge >= 0.3 is 0 Å². The van der Waals surface area contributed by atoms with Crippen LogP contribution in [-0.2, 0) is 6.61 Å². The van der Waals surface area contributed by atoms with E-state index >= 15 is 0 Å². The van der Waals surface area contributed by atoms with E-state index < -0.39 is 5.91 Å². The van der Waals surface area contributed by atoms with Gasteiger partial charge in [0.15, 0.2) is 17.2 Å². The first-order valence-electron chi connectivity index (χ1n) is 6.20. The fourth-order valence-electron chi connectivity index (χ4n) is 1.86. The Morgan fingerprint density at radius 2 is 1.95 bits per heavy atom. The molecule has 0 saturated carbocycles. The number of anilines is 1. The lowest BCUT2D eigenvalue weighted by atomic mass is 10.1. The highest BCUT2D eigenvalue weighted by atomic mass is 16.5. The Morgan fingerprint density at radius 1 is 1.19 bits per heavy atom. The largest absolute Gasteiger partial charge is 0.493 e. The molecule has 2 aromatic carbocycles. The summed E-state index contributed by atoms with van der Waals surface area (Å²) in [5.74, 6) is 0.551. The summed E-state index contributed by atoms with van der Waals surface area (Å²) in [5.41, 5.74) is 12.2. The summed E-state index contributed by atoms with van der Waals surface area (Å²) < 4.78 is 10.9. The van der Waals surface area contributed by atoms with Crippen LogP contribution in [0.2, 0.25) is 0 Å². The maximum atomic E-state index is 11.3. The van der Waals surface area contributed by atoms with Crippen LogP contribution in [0.15, 0.2) is 36.4 Å². The number of amides is 1. The minimum Gasteiger partial charge on any atom is -0.493 e. The van der Waals surface area contributed by atoms with Gasteiger partial charge in [0.05, 0.1) is 25.0 Å². The van der Waals surface area contributed by atoms with Crippen molar-refractivity contribution < 1.29 is 19.4 Å². The lowest BCUT2D eigenvalue weighted by molar-refractivity contribution is 0.100. The highest BCUT2D eigenvalue weighted by Gasteiger charge is 2.13. The molecule has 0 radical (unpaired) electrons. The average Bonchev–Trinajstić information content (AvgIpc) is 2.49. The molecule has 0 fully saturated rings. The van der Waals surface area contributed by atoms with Crippen LogP contribution in [0.5, 0.6) is 17.2 Å². The van der Waals surface area contributed by atoms with Gasteiger partial charge in [-0.1, -0.05) is 12.1 Å². The lowest BCUT2D eigenvalue weighted by Crippen LogP contribution is -2.13. The van der Waals surface area contributed by atoms with E-state index in [0.717, 1.165) is 0 Å². The second kappa shape index (κ2) is 6.15. The molecule has 6 nitrogen and oxygen atoms in total. The van der Waals surface area contributed by atoms with Crippen LogP contribution in [0.3, 0.4) is 0 Å². The monoisotopic (exact) mass is 288 g/mol. The predicted octanol–water partition coefficient (Wildman–Crippen LogP) is 1.66. The van der Waals surface area contributed by atoms with Crippen LogP contribution in [-0.4, -0.2) is 18.1 Å². The average molecular weight is 288 g/mol. The second-order valence-corrected chi connectivity index (χ2v) is 4.33. The van der Waals surface area contributed by atoms with Gasteiger partial charge in [0, 0.05) is 0 Å². The van der Waals surface area contributed by atoms with Crippen LogP contribution in [0, 0.1) is 0 Å². The molecule has 0 aromatic heterocycles. The van der Waals surface area contributed by atoms with E-state index in [2.05, 4.69) is 0 Å². The third-order valence-electron chi connectivity index (χ3n) is 2.96. The summed E-state index contributed by atoms with van der Waals surface area (Å²) in [5, 5.41) is 9.11. The number of aliphatic hydroxyl groups is 1. The Bertz CT molecular complexity index is 671. The second-order valence-electron chi connectivity index (χ2n) is 4.33. The molecule has 5 N–H and O–H groups in total. The fraction of sp³-hybridized carbons (Fsp3) is 0.133. The number of para-hydroxylation sites is 1. The van der Waals surface area contributed by atoms with Gasteiger partial charge in [0.25, 0.3) is 5.91 Å². The highest BCUT2D eigenvalue weighted by Crippen LogP contribution is 2.35. The van der Waals surface area contributed by atoms with Crippen LogP contribution in [0.1, 0.15) is 15.9 Å². The summed E-state index contributed by atoms with van der Waals surface area (Å²) in [6.07, 6.45) is 0. The molecular formula is C15H16N2O4. The van der Waals surface area contributed by atoms with Crippen LogP contribution in [0.4, 0.5) is 5.69 Å². The van der Waals surface area contributed by atoms with Gasteiger partial charge < -0.3 is 26.0 Å². The molecule has 0 aliphatic carbocycles. The molecule has 0 heterocycles. The van der Waals surface area contributed by atoms with Crippen molar-refractivity contribution in [2.24, 2.45) is 5.73 Å². The minimum absolute atomic E-state index is 0.101. The number of hydrogen-bond acceptors (Lipinski definition) is 5. The third-order valence-corrected chi connectivity index (χ3v) is 2.96. The van der Waals surface area contributed by atoms with E-state index in [4.69, 9.17) is 26.0 Å². The number of primary amides is 1. The molecular weight excluding hydrogens is 272 g/mol. The maximum absolute atomic E-state index is 11.3. The standard InChI is InChI=1S/C15H16N2O4/c1-20-13-7-9(8-18)5-6-11(13)21-12-4-2-3-10(14(12)16)15(17)19/h2-7,18H,8,16H2,1H3,(H2,17,19). The van der Waals surface area contributed by atoms with Crippen molar-refractivity contribution >= 4 is 11.6 Å². The van der Waals surface area contributed by atoms with E-state index in [9.17, 15) is 4.79 Å². The topological polar surface area (TPSA) is 108 Å². The molecule has 0 bridgehead atoms. The van der Waals surface area contributed by atoms with Crippen molar-refractivity contribution in [2.75, 3.05) is 12.8 Å². The number of nitrogens with two attached hydrogens (primary N) is 2. The predicted molar refractivity (Wildman–Crippen MR) is 78.4 cm³/mol. The Hall–Kier alpha value is -2.73. The van der Waals surface area contributed by atoms with Gasteiger partial charge in [-0.15, -0.1) is 0 Å². The first kappa shape index (κ1) is 14.7. The minimum atomic E-state index is -0.624. The number of ether oxygens (including phenoxy) is 2. The molecule has 0 unspecified atom stereocenters. The molecule has 2 rings (SSSR count). The molecule has 0 aliphatic rings. The van der Waals surface area contributed by atoms with Crippen molar-refractivity contribution in [1.82, 2.24) is 0 Å². The van der Waals surface area contributed by atoms with Gasteiger partial charge in [-0.05, 0) is 29.8 Å². The smallest absolute Gasteiger partial charge is 0.250 e. The van der Waals surface area contributed by atoms with Gasteiger partial charge in [-0.25, -0.2) is 0 Å². The van der Waals surface area contributed by atoms with Crippen LogP contribution >= 0.6 is 0 Å². The Balaban J connectivity index is 2.38. The first-order chi connectivity index (χ1) is 10.1. The lowest BCUT2D eigenvalue weighted by Gasteiger charge is -2.14. The van der Waals surface area contributed by atoms with Crippen molar-refractivity contribution in [2.45, 2.75) is 6.61 Å². The fourth-order valence-corrected chi connectivity index (χ4v) is 1.86. The molecule has 2 aromatic rings. The molecule has 21 heavy (non-hydrogen) atoms. The van der Waals surface area contributed by atoms with Crippen molar-refractivity contribution in [3.63, 3.8) is 0 Å². The number of benzene rings is 2. The zero-order valence-corrected chi connectivity index (χ0v) is 11.5. The number of hydrogen-bond donors (Lipinski definition) is 3. The number of aliphatic hydroxyl groups excluding tert-OH is 1. The SMILES string of the molecule is COc1cc(CO)ccc1Oc1cccc(C(N)=O)c1N. The van der Waals surface area contributed by atoms with E-state index in [1.807, 2.05) is 0 Å². The molecule has 1 amide bonds. The number of methoxy groups -OCH3 is 1. The zero-order chi connectivity index (χ0) is 15.4. The van der Waals surface area contributed by atoms with Gasteiger partial charge in [0.2, 0.25) is 0 Å². The quantitative estimate of drug-likeness (QED) is 0.725. The molecule has 110 valence electrons. The van der Waals surface area contributed by atoms with Crippen molar-refractivity contribution in [3.8, 4) is 17.2 Å². The Labute approximate surface area is 121 Å². The van der Waals surface area contributed by atoms with E-state index in [-0.39, 0.29) is 17.9 Å². The normalized spacial score (nSPS) is 10.2. The summed E-state index contributed by atoms with van der Waals surface area (Å²) in [4.78, 5) is 11.3. The molecule has 0 atom stereocenters. The molecule has 6 heteroatoms. The number of carbonyl (C=O) groups excluding carboxylic acids is 1. The summed E-state index contributed by atoms with van der Waals surface area (Å²) in [7, 11) is 1.49. The number of rotatable bonds is 5. The van der Waals surface area contributed by atoms with Gasteiger partial charge in [0.1, 0.15) is 0 Å². The summed E-state index contributed by atoms with van der Waals surface area (Å²) in [6.45, 7) is -0.101. The van der Waals surface area contributed by atoms with Gasteiger partial charge in [-0.3, -0.25) is 4.79 Å². The Morgan fingerprint density at radius 3 is 2.57 bits per heavy atom. The van der Waals surface area contributed by atoms with Crippen molar-refractivity contribution in [3.05, 3.63) is 47.5 Å². The van der Waals surface area contributed by atoms with Crippen LogP contribution < -0.4 is 20.9 Å². The third kappa shape index (κ3) is 3.06. The molecule has 0 spiro atoms.